The van der Waals surface area contributed by atoms with Gasteiger partial charge in [0, 0.05) is 17.3 Å². The van der Waals surface area contributed by atoms with Crippen LogP contribution in [0.4, 0.5) is 0 Å². The van der Waals surface area contributed by atoms with E-state index >= 15 is 0 Å². The molecule has 1 heterocycles. The molecular formula is C20H22N4OS. The van der Waals surface area contributed by atoms with E-state index in [0.717, 1.165) is 23.5 Å². The van der Waals surface area contributed by atoms with Crippen molar-refractivity contribution >= 4 is 17.7 Å². The lowest BCUT2D eigenvalue weighted by Gasteiger charge is -2.12. The predicted molar refractivity (Wildman–Crippen MR) is 105 cm³/mol. The first-order valence-corrected chi connectivity index (χ1v) is 9.66. The number of aromatic nitrogens is 3. The van der Waals surface area contributed by atoms with Gasteiger partial charge >= 0.3 is 0 Å². The summed E-state index contributed by atoms with van der Waals surface area (Å²) < 4.78 is 2.00. The summed E-state index contributed by atoms with van der Waals surface area (Å²) in [6.07, 6.45) is 0.911. The third-order valence-corrected chi connectivity index (χ3v) is 4.96. The van der Waals surface area contributed by atoms with Crippen LogP contribution in [0, 0.1) is 0 Å². The van der Waals surface area contributed by atoms with Crippen LogP contribution in [-0.4, -0.2) is 32.5 Å². The molecular weight excluding hydrogens is 344 g/mol. The van der Waals surface area contributed by atoms with Gasteiger partial charge in [-0.2, -0.15) is 0 Å². The molecule has 0 spiro atoms. The first-order valence-electron chi connectivity index (χ1n) is 8.67. The van der Waals surface area contributed by atoms with Gasteiger partial charge in [0.15, 0.2) is 11.0 Å². The third kappa shape index (κ3) is 4.32. The highest BCUT2D eigenvalue weighted by Crippen LogP contribution is 2.27. The molecule has 1 amide bonds. The highest BCUT2D eigenvalue weighted by molar-refractivity contribution is 7.99. The first-order chi connectivity index (χ1) is 12.7. The van der Waals surface area contributed by atoms with Crippen LogP contribution in [0.5, 0.6) is 0 Å². The minimum atomic E-state index is 0.00761. The number of para-hydroxylation sites is 1. The Hall–Kier alpha value is -2.60. The maximum Gasteiger partial charge on any atom is 0.230 e. The van der Waals surface area contributed by atoms with E-state index in [4.69, 9.17) is 0 Å². The molecule has 0 saturated carbocycles. The molecule has 0 aliphatic carbocycles. The quantitative estimate of drug-likeness (QED) is 0.644. The van der Waals surface area contributed by atoms with Crippen LogP contribution in [-0.2, 0) is 4.79 Å². The van der Waals surface area contributed by atoms with Crippen LogP contribution in [0.2, 0.25) is 0 Å². The second-order valence-corrected chi connectivity index (χ2v) is 6.95. The Balaban J connectivity index is 1.89. The number of thioether (sulfide) groups is 1. The van der Waals surface area contributed by atoms with Gasteiger partial charge in [0.1, 0.15) is 0 Å². The van der Waals surface area contributed by atoms with Gasteiger partial charge in [-0.25, -0.2) is 0 Å². The minimum Gasteiger partial charge on any atom is -0.353 e. The Morgan fingerprint density at radius 3 is 2.38 bits per heavy atom. The molecule has 1 atom stereocenters. The van der Waals surface area contributed by atoms with Crippen LogP contribution >= 0.6 is 11.8 Å². The van der Waals surface area contributed by atoms with E-state index < -0.39 is 0 Å². The maximum atomic E-state index is 12.1. The molecule has 0 saturated heterocycles. The number of nitrogens with one attached hydrogen (secondary N) is 1. The van der Waals surface area contributed by atoms with E-state index in [-0.39, 0.29) is 11.9 Å². The smallest absolute Gasteiger partial charge is 0.230 e. The van der Waals surface area contributed by atoms with Crippen LogP contribution < -0.4 is 5.32 Å². The Labute approximate surface area is 157 Å². The molecule has 5 nitrogen and oxygen atoms in total. The number of rotatable bonds is 7. The molecule has 1 N–H and O–H groups in total. The Kier molecular flexibility index (Phi) is 6.07. The average molecular weight is 366 g/mol. The van der Waals surface area contributed by atoms with Crippen molar-refractivity contribution in [2.75, 3.05) is 5.75 Å². The van der Waals surface area contributed by atoms with Crippen molar-refractivity contribution in [1.29, 1.82) is 0 Å². The van der Waals surface area contributed by atoms with Crippen LogP contribution in [0.25, 0.3) is 17.1 Å². The van der Waals surface area contributed by atoms with Gasteiger partial charge in [-0.15, -0.1) is 10.2 Å². The molecule has 134 valence electrons. The Bertz CT molecular complexity index is 849. The van der Waals surface area contributed by atoms with Gasteiger partial charge in [-0.3, -0.25) is 9.36 Å². The van der Waals surface area contributed by atoms with Gasteiger partial charge in [0.25, 0.3) is 0 Å². The summed E-state index contributed by atoms with van der Waals surface area (Å²) in [4.78, 5) is 12.1. The highest BCUT2D eigenvalue weighted by atomic mass is 32.2. The standard InChI is InChI=1S/C20H22N4OS/c1-3-15(2)21-18(25)14-26-20-23-22-19(16-10-6-4-7-11-16)24(20)17-12-8-5-9-13-17/h4-13,15H,3,14H2,1-2H3,(H,21,25)/t15-/m0/s1. The van der Waals surface area contributed by atoms with Gasteiger partial charge in [-0.1, -0.05) is 67.2 Å². The van der Waals surface area contributed by atoms with Crippen molar-refractivity contribution < 1.29 is 4.79 Å². The lowest BCUT2D eigenvalue weighted by atomic mass is 10.2. The summed E-state index contributed by atoms with van der Waals surface area (Å²) in [6, 6.07) is 20.1. The fourth-order valence-corrected chi connectivity index (χ4v) is 3.26. The molecule has 0 radical (unpaired) electrons. The summed E-state index contributed by atoms with van der Waals surface area (Å²) in [5.74, 6) is 1.08. The van der Waals surface area contributed by atoms with E-state index in [0.29, 0.717) is 10.9 Å². The van der Waals surface area contributed by atoms with Crippen molar-refractivity contribution in [3.05, 3.63) is 60.7 Å². The number of amides is 1. The molecule has 6 heteroatoms. The summed E-state index contributed by atoms with van der Waals surface area (Å²) in [6.45, 7) is 4.05. The fourth-order valence-electron chi connectivity index (χ4n) is 2.50. The van der Waals surface area contributed by atoms with Gasteiger partial charge in [-0.05, 0) is 25.5 Å². The molecule has 26 heavy (non-hydrogen) atoms. The zero-order chi connectivity index (χ0) is 18.4. The van der Waals surface area contributed by atoms with Gasteiger partial charge < -0.3 is 5.32 Å². The predicted octanol–water partition coefficient (Wildman–Crippen LogP) is 3.94. The number of hydrogen-bond donors (Lipinski definition) is 1. The van der Waals surface area contributed by atoms with Crippen molar-refractivity contribution in [2.45, 2.75) is 31.5 Å². The van der Waals surface area contributed by atoms with Crippen LogP contribution in [0.3, 0.4) is 0 Å². The van der Waals surface area contributed by atoms with Crippen LogP contribution in [0.1, 0.15) is 20.3 Å². The molecule has 2 aromatic carbocycles. The number of nitrogens with zero attached hydrogens (tertiary/aromatic N) is 3. The zero-order valence-electron chi connectivity index (χ0n) is 14.9. The molecule has 0 aliphatic heterocycles. The second-order valence-electron chi connectivity index (χ2n) is 6.01. The average Bonchev–Trinajstić information content (AvgIpc) is 3.11. The minimum absolute atomic E-state index is 0.00761. The van der Waals surface area contributed by atoms with E-state index in [1.807, 2.05) is 72.2 Å². The summed E-state index contributed by atoms with van der Waals surface area (Å²) in [7, 11) is 0. The number of carbonyl (C=O) groups is 1. The summed E-state index contributed by atoms with van der Waals surface area (Å²) in [5, 5.41) is 12.4. The largest absolute Gasteiger partial charge is 0.353 e. The van der Waals surface area contributed by atoms with Gasteiger partial charge in [0.2, 0.25) is 5.91 Å². The normalized spacial score (nSPS) is 11.9. The number of benzene rings is 2. The van der Waals surface area contributed by atoms with Gasteiger partial charge in [0.05, 0.1) is 5.75 Å². The SMILES string of the molecule is CC[C@H](C)NC(=O)CSc1nnc(-c2ccccc2)n1-c1ccccc1. The van der Waals surface area contributed by atoms with E-state index in [2.05, 4.69) is 22.4 Å². The number of carbonyl (C=O) groups excluding carboxylic acids is 1. The maximum absolute atomic E-state index is 12.1. The first kappa shape index (κ1) is 18.2. The molecule has 3 aromatic rings. The lowest BCUT2D eigenvalue weighted by molar-refractivity contribution is -0.119. The van der Waals surface area contributed by atoms with E-state index in [9.17, 15) is 4.79 Å². The fraction of sp³-hybridized carbons (Fsp3) is 0.250. The highest BCUT2D eigenvalue weighted by Gasteiger charge is 2.17. The summed E-state index contributed by atoms with van der Waals surface area (Å²) in [5.41, 5.74) is 1.96. The molecule has 1 aromatic heterocycles. The van der Waals surface area contributed by atoms with Crippen molar-refractivity contribution in [3.63, 3.8) is 0 Å². The van der Waals surface area contributed by atoms with Crippen molar-refractivity contribution in [1.82, 2.24) is 20.1 Å². The Morgan fingerprint density at radius 2 is 1.73 bits per heavy atom. The Morgan fingerprint density at radius 1 is 1.08 bits per heavy atom. The molecule has 0 bridgehead atoms. The second kappa shape index (κ2) is 8.67. The third-order valence-electron chi connectivity index (χ3n) is 4.03. The molecule has 0 fully saturated rings. The van der Waals surface area contributed by atoms with E-state index in [1.54, 1.807) is 0 Å². The lowest BCUT2D eigenvalue weighted by Crippen LogP contribution is -2.33. The monoisotopic (exact) mass is 366 g/mol. The number of hydrogen-bond acceptors (Lipinski definition) is 4. The van der Waals surface area contributed by atoms with E-state index in [1.165, 1.54) is 11.8 Å². The zero-order valence-corrected chi connectivity index (χ0v) is 15.7. The molecule has 0 unspecified atom stereocenters. The molecule has 0 aliphatic rings. The summed E-state index contributed by atoms with van der Waals surface area (Å²) >= 11 is 1.40. The van der Waals surface area contributed by atoms with Crippen LogP contribution in [0.15, 0.2) is 65.8 Å². The topological polar surface area (TPSA) is 59.8 Å². The van der Waals surface area contributed by atoms with Crippen molar-refractivity contribution in [3.8, 4) is 17.1 Å². The van der Waals surface area contributed by atoms with Crippen molar-refractivity contribution in [2.24, 2.45) is 0 Å². The molecule has 3 rings (SSSR count).